The quantitative estimate of drug-likeness (QED) is 0.781. The fraction of sp³-hybridized carbons (Fsp3) is 0.235. The maximum Gasteiger partial charge on any atom is 0.418 e. The normalized spacial score (nSPS) is 14.2. The molecule has 2 heterocycles. The van der Waals surface area contributed by atoms with Crippen molar-refractivity contribution in [2.24, 2.45) is 0 Å². The van der Waals surface area contributed by atoms with Gasteiger partial charge in [0, 0.05) is 18.0 Å². The molecule has 0 unspecified atom stereocenters. The van der Waals surface area contributed by atoms with E-state index in [2.05, 4.69) is 10.6 Å². The molecule has 2 N–H and O–H groups in total. The zero-order valence-electron chi connectivity index (χ0n) is 14.2. The van der Waals surface area contributed by atoms with Crippen LogP contribution in [-0.4, -0.2) is 40.8 Å². The maximum absolute atomic E-state index is 13.4. The number of nitrogens with one attached hydrogen (secondary N) is 2. The van der Waals surface area contributed by atoms with E-state index in [1.54, 1.807) is 0 Å². The number of rotatable bonds is 5. The van der Waals surface area contributed by atoms with Crippen molar-refractivity contribution in [3.8, 4) is 0 Å². The lowest BCUT2D eigenvalue weighted by Crippen LogP contribution is -2.33. The summed E-state index contributed by atoms with van der Waals surface area (Å²) in [5, 5.41) is 4.19. The molecule has 0 spiro atoms. The van der Waals surface area contributed by atoms with E-state index in [0.717, 1.165) is 17.8 Å². The largest absolute Gasteiger partial charge is 0.459 e. The number of carbonyl (C=O) groups is 3. The van der Waals surface area contributed by atoms with Gasteiger partial charge in [-0.05, 0) is 30.3 Å². The third kappa shape index (κ3) is 4.66. The Balaban J connectivity index is 1.76. The second kappa shape index (κ2) is 7.97. The zero-order valence-corrected chi connectivity index (χ0v) is 15.0. The summed E-state index contributed by atoms with van der Waals surface area (Å²) in [5.41, 5.74) is -1.70. The maximum atomic E-state index is 13.4. The molecule has 1 aromatic carbocycles. The number of nitrogens with zero attached hydrogens (tertiary/aromatic N) is 1. The summed E-state index contributed by atoms with van der Waals surface area (Å²) in [5.74, 6) is -0.975. The molecule has 0 aliphatic carbocycles. The third-order valence-electron chi connectivity index (χ3n) is 3.78. The summed E-state index contributed by atoms with van der Waals surface area (Å²) in [6.45, 7) is 0.0287. The molecule has 1 aliphatic heterocycles. The summed E-state index contributed by atoms with van der Waals surface area (Å²) >= 11 is 1.05. The Kier molecular flexibility index (Phi) is 5.63. The lowest BCUT2D eigenvalue weighted by Gasteiger charge is -2.18. The van der Waals surface area contributed by atoms with Crippen LogP contribution in [-0.2, 0) is 11.0 Å². The highest BCUT2D eigenvalue weighted by Crippen LogP contribution is 2.36. The first-order valence-electron chi connectivity index (χ1n) is 8.01. The molecule has 1 saturated heterocycles. The molecular weight excluding hydrogens is 399 g/mol. The molecule has 148 valence electrons. The van der Waals surface area contributed by atoms with Gasteiger partial charge in [-0.1, -0.05) is 11.8 Å². The van der Waals surface area contributed by atoms with Crippen molar-refractivity contribution >= 4 is 40.2 Å². The Morgan fingerprint density at radius 1 is 1.21 bits per heavy atom. The van der Waals surface area contributed by atoms with E-state index >= 15 is 0 Å². The first-order valence-corrected chi connectivity index (χ1v) is 9.00. The van der Waals surface area contributed by atoms with E-state index in [9.17, 15) is 27.6 Å². The highest BCUT2D eigenvalue weighted by atomic mass is 32.2. The van der Waals surface area contributed by atoms with Gasteiger partial charge in [0.1, 0.15) is 6.54 Å². The molecule has 0 bridgehead atoms. The molecule has 1 fully saturated rings. The molecule has 28 heavy (non-hydrogen) atoms. The molecule has 11 heteroatoms. The van der Waals surface area contributed by atoms with Crippen molar-refractivity contribution in [1.82, 2.24) is 4.90 Å². The van der Waals surface area contributed by atoms with Crippen LogP contribution < -0.4 is 10.6 Å². The van der Waals surface area contributed by atoms with Gasteiger partial charge in [-0.15, -0.1) is 0 Å². The number of furan rings is 1. The van der Waals surface area contributed by atoms with E-state index < -0.39 is 29.2 Å². The zero-order chi connectivity index (χ0) is 20.3. The average Bonchev–Trinajstić information content (AvgIpc) is 3.28. The van der Waals surface area contributed by atoms with E-state index in [-0.39, 0.29) is 23.2 Å². The minimum absolute atomic E-state index is 0.0564. The number of hydrogen-bond acceptors (Lipinski definition) is 5. The van der Waals surface area contributed by atoms with Gasteiger partial charge in [0.15, 0.2) is 5.76 Å². The van der Waals surface area contributed by atoms with Gasteiger partial charge >= 0.3 is 6.18 Å². The van der Waals surface area contributed by atoms with Crippen LogP contribution in [0.5, 0.6) is 0 Å². The Labute approximate surface area is 161 Å². The van der Waals surface area contributed by atoms with Gasteiger partial charge in [0.05, 0.1) is 17.5 Å². The summed E-state index contributed by atoms with van der Waals surface area (Å²) in [7, 11) is 0. The average molecular weight is 413 g/mol. The van der Waals surface area contributed by atoms with Crippen LogP contribution in [0, 0.1) is 0 Å². The van der Waals surface area contributed by atoms with Crippen molar-refractivity contribution < 1.29 is 32.0 Å². The molecule has 0 saturated carbocycles. The Morgan fingerprint density at radius 3 is 2.61 bits per heavy atom. The standard InChI is InChI=1S/C17H14F3N3O4S/c18-17(19,20)11-8-10(21-15(25)13-2-1-6-27-13)3-4-12(11)22-14(24)9-23-5-7-28-16(23)26/h1-4,6,8H,5,7,9H2,(H,21,25)(H,22,24). The van der Waals surface area contributed by atoms with Crippen LogP contribution >= 0.6 is 11.8 Å². The van der Waals surface area contributed by atoms with Crippen molar-refractivity contribution in [1.29, 1.82) is 0 Å². The van der Waals surface area contributed by atoms with Crippen LogP contribution in [0.2, 0.25) is 0 Å². The topological polar surface area (TPSA) is 91.7 Å². The highest BCUT2D eigenvalue weighted by molar-refractivity contribution is 8.13. The molecule has 7 nitrogen and oxygen atoms in total. The van der Waals surface area contributed by atoms with Gasteiger partial charge in [0.2, 0.25) is 5.91 Å². The smallest absolute Gasteiger partial charge is 0.418 e. The number of alkyl halides is 3. The van der Waals surface area contributed by atoms with Crippen molar-refractivity contribution in [3.63, 3.8) is 0 Å². The predicted molar refractivity (Wildman–Crippen MR) is 96.2 cm³/mol. The number of amides is 3. The van der Waals surface area contributed by atoms with Crippen LogP contribution in [0.3, 0.4) is 0 Å². The summed E-state index contributed by atoms with van der Waals surface area (Å²) in [6, 6.07) is 5.82. The molecular formula is C17H14F3N3O4S. The Bertz CT molecular complexity index is 900. The minimum atomic E-state index is -4.77. The van der Waals surface area contributed by atoms with E-state index in [4.69, 9.17) is 4.42 Å². The van der Waals surface area contributed by atoms with Gasteiger partial charge in [0.25, 0.3) is 11.1 Å². The monoisotopic (exact) mass is 413 g/mol. The molecule has 0 atom stereocenters. The molecule has 0 radical (unpaired) electrons. The first kappa shape index (κ1) is 19.8. The summed E-state index contributed by atoms with van der Waals surface area (Å²) < 4.78 is 45.1. The van der Waals surface area contributed by atoms with Crippen LogP contribution in [0.15, 0.2) is 41.0 Å². The highest BCUT2D eigenvalue weighted by Gasteiger charge is 2.35. The second-order valence-corrected chi connectivity index (χ2v) is 6.82. The van der Waals surface area contributed by atoms with Gasteiger partial charge in [-0.25, -0.2) is 0 Å². The number of halogens is 3. The Hall–Kier alpha value is -2.95. The second-order valence-electron chi connectivity index (χ2n) is 5.77. The molecule has 2 aromatic rings. The van der Waals surface area contributed by atoms with Crippen molar-refractivity contribution in [2.75, 3.05) is 29.5 Å². The Morgan fingerprint density at radius 2 is 2.00 bits per heavy atom. The van der Waals surface area contributed by atoms with Gasteiger partial charge in [-0.2, -0.15) is 13.2 Å². The summed E-state index contributed by atoms with van der Waals surface area (Å²) in [4.78, 5) is 36.7. The van der Waals surface area contributed by atoms with E-state index in [0.29, 0.717) is 18.4 Å². The lowest BCUT2D eigenvalue weighted by atomic mass is 10.1. The van der Waals surface area contributed by atoms with Crippen LogP contribution in [0.25, 0.3) is 0 Å². The fourth-order valence-corrected chi connectivity index (χ4v) is 3.32. The number of hydrogen-bond donors (Lipinski definition) is 2. The van der Waals surface area contributed by atoms with Crippen LogP contribution in [0.4, 0.5) is 29.3 Å². The predicted octanol–water partition coefficient (Wildman–Crippen LogP) is 3.66. The van der Waals surface area contributed by atoms with Crippen molar-refractivity contribution in [2.45, 2.75) is 6.18 Å². The summed E-state index contributed by atoms with van der Waals surface area (Å²) in [6.07, 6.45) is -3.51. The fourth-order valence-electron chi connectivity index (χ4n) is 2.50. The van der Waals surface area contributed by atoms with Gasteiger partial charge in [-0.3, -0.25) is 14.4 Å². The van der Waals surface area contributed by atoms with E-state index in [1.807, 2.05) is 0 Å². The third-order valence-corrected chi connectivity index (χ3v) is 4.67. The lowest BCUT2D eigenvalue weighted by molar-refractivity contribution is -0.136. The number of thioether (sulfide) groups is 1. The van der Waals surface area contributed by atoms with Crippen molar-refractivity contribution in [3.05, 3.63) is 47.9 Å². The molecule has 1 aromatic heterocycles. The van der Waals surface area contributed by atoms with Gasteiger partial charge < -0.3 is 20.0 Å². The number of benzene rings is 1. The molecule has 3 amide bonds. The number of carbonyl (C=O) groups excluding carboxylic acids is 3. The SMILES string of the molecule is O=C(CN1CCSC1=O)Nc1ccc(NC(=O)c2ccco2)cc1C(F)(F)F. The van der Waals surface area contributed by atoms with Crippen LogP contribution in [0.1, 0.15) is 16.1 Å². The number of anilines is 2. The molecule has 3 rings (SSSR count). The van der Waals surface area contributed by atoms with E-state index in [1.165, 1.54) is 29.4 Å². The molecule has 1 aliphatic rings. The minimum Gasteiger partial charge on any atom is -0.459 e. The first-order chi connectivity index (χ1) is 13.2.